The molecule has 3 aromatic carbocycles. The molecule has 4 rings (SSSR count). The van der Waals surface area contributed by atoms with Crippen LogP contribution in [0.3, 0.4) is 0 Å². The Balaban J connectivity index is 1.61. The molecule has 144 valence electrons. The average Bonchev–Trinajstić information content (AvgIpc) is 2.77. The molecule has 0 atom stereocenters. The number of benzene rings is 3. The minimum Gasteiger partial charge on any atom is -0.378 e. The highest BCUT2D eigenvalue weighted by atomic mass is 16.2. The summed E-state index contributed by atoms with van der Waals surface area (Å²) in [5.41, 5.74) is 11.0. The zero-order chi connectivity index (χ0) is 20.2. The number of anilines is 2. The molecule has 5 nitrogen and oxygen atoms in total. The maximum absolute atomic E-state index is 12.6. The number of aromatic nitrogens is 1. The van der Waals surface area contributed by atoms with Crippen molar-refractivity contribution in [1.29, 1.82) is 0 Å². The third-order valence-electron chi connectivity index (χ3n) is 4.74. The quantitative estimate of drug-likeness (QED) is 0.490. The van der Waals surface area contributed by atoms with Crippen molar-refractivity contribution in [2.24, 2.45) is 0 Å². The van der Waals surface area contributed by atoms with E-state index < -0.39 is 0 Å². The monoisotopic (exact) mass is 382 g/mol. The van der Waals surface area contributed by atoms with Gasteiger partial charge in [0.2, 0.25) is 0 Å². The van der Waals surface area contributed by atoms with Gasteiger partial charge in [-0.1, -0.05) is 48.5 Å². The molecule has 0 saturated carbocycles. The molecule has 1 amide bonds. The first-order valence-corrected chi connectivity index (χ1v) is 9.41. The Morgan fingerprint density at radius 1 is 0.862 bits per heavy atom. The second-order valence-electron chi connectivity index (χ2n) is 6.96. The van der Waals surface area contributed by atoms with Crippen molar-refractivity contribution in [3.05, 3.63) is 90.5 Å². The summed E-state index contributed by atoms with van der Waals surface area (Å²) in [5, 5.41) is 0.940. The molecule has 0 fully saturated rings. The topological polar surface area (TPSA) is 57.3 Å². The highest BCUT2D eigenvalue weighted by Crippen LogP contribution is 2.27. The van der Waals surface area contributed by atoms with E-state index in [2.05, 4.69) is 10.9 Å². The zero-order valence-corrected chi connectivity index (χ0v) is 16.4. The molecule has 4 aromatic rings. The first-order chi connectivity index (χ1) is 14.1. The number of carbonyl (C=O) groups excluding carboxylic acids is 1. The predicted molar refractivity (Wildman–Crippen MR) is 119 cm³/mol. The molecule has 1 heterocycles. The summed E-state index contributed by atoms with van der Waals surface area (Å²) in [6.45, 7) is 0. The van der Waals surface area contributed by atoms with Crippen molar-refractivity contribution in [3.63, 3.8) is 0 Å². The van der Waals surface area contributed by atoms with Crippen LogP contribution in [0.15, 0.2) is 84.9 Å². The van der Waals surface area contributed by atoms with Gasteiger partial charge in [-0.3, -0.25) is 15.6 Å². The van der Waals surface area contributed by atoms with Gasteiger partial charge in [-0.25, -0.2) is 4.98 Å². The summed E-state index contributed by atoms with van der Waals surface area (Å²) in [4.78, 5) is 19.3. The van der Waals surface area contributed by atoms with Gasteiger partial charge in [-0.05, 0) is 36.4 Å². The first-order valence-electron chi connectivity index (χ1n) is 9.41. The van der Waals surface area contributed by atoms with Crippen LogP contribution in [-0.4, -0.2) is 25.0 Å². The second kappa shape index (κ2) is 8.02. The van der Waals surface area contributed by atoms with Gasteiger partial charge in [-0.15, -0.1) is 0 Å². The van der Waals surface area contributed by atoms with E-state index >= 15 is 0 Å². The molecule has 0 aliphatic heterocycles. The van der Waals surface area contributed by atoms with Crippen LogP contribution in [0, 0.1) is 0 Å². The summed E-state index contributed by atoms with van der Waals surface area (Å²) >= 11 is 0. The van der Waals surface area contributed by atoms with Crippen molar-refractivity contribution in [2.75, 3.05) is 24.4 Å². The number of nitrogens with zero attached hydrogens (tertiary/aromatic N) is 2. The molecule has 0 spiro atoms. The van der Waals surface area contributed by atoms with E-state index in [9.17, 15) is 4.79 Å². The number of rotatable bonds is 5. The van der Waals surface area contributed by atoms with E-state index in [0.717, 1.165) is 33.5 Å². The number of para-hydroxylation sites is 1. The first kappa shape index (κ1) is 18.5. The van der Waals surface area contributed by atoms with Crippen molar-refractivity contribution >= 4 is 28.2 Å². The number of carbonyl (C=O) groups is 1. The molecule has 0 saturated heterocycles. The van der Waals surface area contributed by atoms with Crippen LogP contribution in [-0.2, 0) is 0 Å². The summed E-state index contributed by atoms with van der Waals surface area (Å²) in [7, 11) is 3.94. The standard InChI is InChI=1S/C24H22N4O/c1-28(2)19-14-12-18(13-15-19)24(29)27-26-23-16-22(17-8-4-3-5-9-17)25-21-11-7-6-10-20(21)23/h3-16H,1-2H3,(H,25,26)(H,27,29). The number of amides is 1. The fourth-order valence-corrected chi connectivity index (χ4v) is 3.14. The molecule has 0 unspecified atom stereocenters. The number of pyridine rings is 1. The molecule has 2 N–H and O–H groups in total. The SMILES string of the molecule is CN(C)c1ccc(C(=O)NNc2cc(-c3ccccc3)nc3ccccc23)cc1. The fourth-order valence-electron chi connectivity index (χ4n) is 3.14. The lowest BCUT2D eigenvalue weighted by Crippen LogP contribution is -2.29. The maximum atomic E-state index is 12.6. The summed E-state index contributed by atoms with van der Waals surface area (Å²) in [5.74, 6) is -0.197. The molecule has 29 heavy (non-hydrogen) atoms. The van der Waals surface area contributed by atoms with E-state index in [1.165, 1.54) is 0 Å². The Bertz CT molecular complexity index is 1140. The third-order valence-corrected chi connectivity index (χ3v) is 4.74. The lowest BCUT2D eigenvalue weighted by Gasteiger charge is -2.14. The summed E-state index contributed by atoms with van der Waals surface area (Å²) in [6.07, 6.45) is 0. The van der Waals surface area contributed by atoms with Crippen LogP contribution in [0.1, 0.15) is 10.4 Å². The van der Waals surface area contributed by atoms with Crippen LogP contribution in [0.5, 0.6) is 0 Å². The highest BCUT2D eigenvalue weighted by Gasteiger charge is 2.10. The lowest BCUT2D eigenvalue weighted by atomic mass is 10.1. The second-order valence-corrected chi connectivity index (χ2v) is 6.96. The summed E-state index contributed by atoms with van der Waals surface area (Å²) in [6, 6.07) is 27.3. The van der Waals surface area contributed by atoms with Gasteiger partial charge >= 0.3 is 0 Å². The number of hydrogen-bond donors (Lipinski definition) is 2. The van der Waals surface area contributed by atoms with Crippen molar-refractivity contribution in [2.45, 2.75) is 0 Å². The number of hydrazine groups is 1. The number of hydrogen-bond acceptors (Lipinski definition) is 4. The Morgan fingerprint density at radius 2 is 1.55 bits per heavy atom. The van der Waals surface area contributed by atoms with Crippen LogP contribution in [0.25, 0.3) is 22.2 Å². The van der Waals surface area contributed by atoms with E-state index in [0.29, 0.717) is 5.56 Å². The maximum Gasteiger partial charge on any atom is 0.269 e. The third kappa shape index (κ3) is 4.04. The molecule has 0 aliphatic rings. The molecule has 0 aliphatic carbocycles. The van der Waals surface area contributed by atoms with Gasteiger partial charge in [0.15, 0.2) is 0 Å². The van der Waals surface area contributed by atoms with Crippen LogP contribution in [0.2, 0.25) is 0 Å². The molecule has 1 aromatic heterocycles. The average molecular weight is 382 g/mol. The lowest BCUT2D eigenvalue weighted by molar-refractivity contribution is 0.0962. The van der Waals surface area contributed by atoms with E-state index in [4.69, 9.17) is 4.98 Å². The number of nitrogens with one attached hydrogen (secondary N) is 2. The van der Waals surface area contributed by atoms with E-state index in [1.54, 1.807) is 0 Å². The van der Waals surface area contributed by atoms with E-state index in [1.807, 2.05) is 104 Å². The highest BCUT2D eigenvalue weighted by molar-refractivity contribution is 5.98. The van der Waals surface area contributed by atoms with E-state index in [-0.39, 0.29) is 5.91 Å². The van der Waals surface area contributed by atoms with Gasteiger partial charge in [0.1, 0.15) is 0 Å². The Labute approximate surface area is 170 Å². The largest absolute Gasteiger partial charge is 0.378 e. The van der Waals surface area contributed by atoms with Gasteiger partial charge in [0, 0.05) is 36.3 Å². The van der Waals surface area contributed by atoms with Gasteiger partial charge in [-0.2, -0.15) is 0 Å². The van der Waals surface area contributed by atoms with Gasteiger partial charge in [0.25, 0.3) is 5.91 Å². The normalized spacial score (nSPS) is 10.6. The smallest absolute Gasteiger partial charge is 0.269 e. The molecular weight excluding hydrogens is 360 g/mol. The molecule has 0 bridgehead atoms. The Kier molecular flexibility index (Phi) is 5.12. The summed E-state index contributed by atoms with van der Waals surface area (Å²) < 4.78 is 0. The van der Waals surface area contributed by atoms with Crippen molar-refractivity contribution < 1.29 is 4.79 Å². The molecule has 5 heteroatoms. The van der Waals surface area contributed by atoms with Gasteiger partial charge < -0.3 is 4.90 Å². The van der Waals surface area contributed by atoms with Gasteiger partial charge in [0.05, 0.1) is 16.9 Å². The Hall–Kier alpha value is -3.86. The van der Waals surface area contributed by atoms with Crippen molar-refractivity contribution in [1.82, 2.24) is 10.4 Å². The molecule has 0 radical (unpaired) electrons. The van der Waals surface area contributed by atoms with Crippen LogP contribution in [0.4, 0.5) is 11.4 Å². The molecular formula is C24H22N4O. The predicted octanol–water partition coefficient (Wildman–Crippen LogP) is 4.72. The minimum absolute atomic E-state index is 0.197. The fraction of sp³-hybridized carbons (Fsp3) is 0.0833. The van der Waals surface area contributed by atoms with Crippen molar-refractivity contribution in [3.8, 4) is 11.3 Å². The number of fused-ring (bicyclic) bond motifs is 1. The Morgan fingerprint density at radius 3 is 2.28 bits per heavy atom. The van der Waals surface area contributed by atoms with Crippen LogP contribution < -0.4 is 15.8 Å². The van der Waals surface area contributed by atoms with Crippen LogP contribution >= 0.6 is 0 Å². The zero-order valence-electron chi connectivity index (χ0n) is 16.4. The minimum atomic E-state index is -0.197.